The van der Waals surface area contributed by atoms with Crippen LogP contribution in [0.15, 0.2) is 18.3 Å². The lowest BCUT2D eigenvalue weighted by Gasteiger charge is -2.14. The van der Waals surface area contributed by atoms with E-state index in [2.05, 4.69) is 10.3 Å². The molecule has 0 aliphatic heterocycles. The zero-order valence-corrected chi connectivity index (χ0v) is 9.93. The molecule has 0 aromatic carbocycles. The van der Waals surface area contributed by atoms with Gasteiger partial charge in [-0.1, -0.05) is 18.0 Å². The molecular weight excluding hydrogens is 231 g/mol. The van der Waals surface area contributed by atoms with Crippen LogP contribution in [0.4, 0.5) is 5.82 Å². The lowest BCUT2D eigenvalue weighted by atomic mass is 10.1. The van der Waals surface area contributed by atoms with Crippen LogP contribution in [-0.2, 0) is 0 Å². The van der Waals surface area contributed by atoms with Gasteiger partial charge in [0.25, 0.3) is 0 Å². The molecule has 1 saturated carbocycles. The molecule has 0 spiro atoms. The minimum Gasteiger partial charge on any atom is -0.370 e. The topological polar surface area (TPSA) is 24.9 Å². The Labute approximate surface area is 100.0 Å². The number of hydrogen-bond donors (Lipinski definition) is 1. The Hall–Kier alpha value is -0.470. The summed E-state index contributed by atoms with van der Waals surface area (Å²) in [4.78, 5) is 4.18. The number of anilines is 1. The summed E-state index contributed by atoms with van der Waals surface area (Å²) in [6.07, 6.45) is 5.25. The van der Waals surface area contributed by atoms with E-state index in [0.29, 0.717) is 16.3 Å². The predicted molar refractivity (Wildman–Crippen MR) is 64.7 cm³/mol. The molecule has 0 radical (unpaired) electrons. The summed E-state index contributed by atoms with van der Waals surface area (Å²) in [6, 6.07) is 3.73. The van der Waals surface area contributed by atoms with Crippen molar-refractivity contribution in [2.45, 2.75) is 24.6 Å². The van der Waals surface area contributed by atoms with Gasteiger partial charge in [0.2, 0.25) is 0 Å². The minimum atomic E-state index is 0.324. The van der Waals surface area contributed by atoms with Gasteiger partial charge >= 0.3 is 0 Å². The lowest BCUT2D eigenvalue weighted by Crippen LogP contribution is -2.18. The van der Waals surface area contributed by atoms with Crippen molar-refractivity contribution in [3.63, 3.8) is 0 Å². The van der Waals surface area contributed by atoms with Gasteiger partial charge in [0.15, 0.2) is 0 Å². The van der Waals surface area contributed by atoms with Gasteiger partial charge in [-0.3, -0.25) is 0 Å². The molecule has 0 bridgehead atoms. The molecule has 2 unspecified atom stereocenters. The summed E-state index contributed by atoms with van der Waals surface area (Å²) in [7, 11) is 0. The van der Waals surface area contributed by atoms with E-state index in [4.69, 9.17) is 23.2 Å². The fourth-order valence-corrected chi connectivity index (χ4v) is 2.42. The molecule has 1 fully saturated rings. The summed E-state index contributed by atoms with van der Waals surface area (Å²) >= 11 is 11.9. The first-order valence-electron chi connectivity index (χ1n) is 5.25. The summed E-state index contributed by atoms with van der Waals surface area (Å²) in [5, 5.41) is 4.28. The van der Waals surface area contributed by atoms with Crippen molar-refractivity contribution < 1.29 is 0 Å². The van der Waals surface area contributed by atoms with Gasteiger partial charge in [-0.15, -0.1) is 11.6 Å². The third-order valence-electron chi connectivity index (χ3n) is 2.84. The molecule has 2 nitrogen and oxygen atoms in total. The molecule has 1 N–H and O–H groups in total. The summed E-state index contributed by atoms with van der Waals surface area (Å²) in [5.41, 5.74) is 0. The number of nitrogens with zero attached hydrogens (tertiary/aromatic N) is 1. The van der Waals surface area contributed by atoms with E-state index >= 15 is 0 Å². The Morgan fingerprint density at radius 2 is 2.27 bits per heavy atom. The van der Waals surface area contributed by atoms with Crippen molar-refractivity contribution in [3.05, 3.63) is 23.4 Å². The standard InChI is InChI=1S/C11H14Cl2N2/c12-9-4-5-11(15-7-9)14-6-8-2-1-3-10(8)13/h4-5,7-8,10H,1-3,6H2,(H,14,15). The number of pyridine rings is 1. The summed E-state index contributed by atoms with van der Waals surface area (Å²) in [5.74, 6) is 1.44. The van der Waals surface area contributed by atoms with Crippen LogP contribution in [0, 0.1) is 5.92 Å². The predicted octanol–water partition coefficient (Wildman–Crippen LogP) is 3.55. The second-order valence-corrected chi connectivity index (χ2v) is 4.95. The van der Waals surface area contributed by atoms with E-state index < -0.39 is 0 Å². The van der Waals surface area contributed by atoms with Crippen LogP contribution >= 0.6 is 23.2 Å². The third-order valence-corrected chi connectivity index (χ3v) is 3.64. The number of aromatic nitrogens is 1. The molecule has 1 aromatic heterocycles. The van der Waals surface area contributed by atoms with E-state index in [0.717, 1.165) is 18.8 Å². The maximum Gasteiger partial charge on any atom is 0.125 e. The molecule has 2 atom stereocenters. The number of hydrogen-bond acceptors (Lipinski definition) is 2. The smallest absolute Gasteiger partial charge is 0.125 e. The number of alkyl halides is 1. The molecule has 0 saturated heterocycles. The first-order valence-corrected chi connectivity index (χ1v) is 6.06. The Kier molecular flexibility index (Phi) is 3.71. The Bertz CT molecular complexity index is 313. The second kappa shape index (κ2) is 5.04. The van der Waals surface area contributed by atoms with E-state index in [9.17, 15) is 0 Å². The maximum absolute atomic E-state index is 6.19. The first kappa shape index (κ1) is 11.0. The van der Waals surface area contributed by atoms with E-state index in [1.165, 1.54) is 12.8 Å². The van der Waals surface area contributed by atoms with Gasteiger partial charge in [0.1, 0.15) is 5.82 Å². The normalized spacial score (nSPS) is 25.5. The zero-order valence-electron chi connectivity index (χ0n) is 8.42. The Morgan fingerprint density at radius 1 is 1.40 bits per heavy atom. The van der Waals surface area contributed by atoms with Crippen LogP contribution in [0.5, 0.6) is 0 Å². The molecule has 15 heavy (non-hydrogen) atoms. The highest BCUT2D eigenvalue weighted by Crippen LogP contribution is 2.30. The summed E-state index contributed by atoms with van der Waals surface area (Å²) in [6.45, 7) is 0.906. The average Bonchev–Trinajstić information content (AvgIpc) is 2.63. The summed E-state index contributed by atoms with van der Waals surface area (Å²) < 4.78 is 0. The highest BCUT2D eigenvalue weighted by molar-refractivity contribution is 6.30. The van der Waals surface area contributed by atoms with Crippen LogP contribution in [0.2, 0.25) is 5.02 Å². The van der Waals surface area contributed by atoms with Crippen molar-refractivity contribution in [2.75, 3.05) is 11.9 Å². The third kappa shape index (κ3) is 2.99. The molecule has 1 aliphatic carbocycles. The monoisotopic (exact) mass is 244 g/mol. The zero-order chi connectivity index (χ0) is 10.7. The van der Waals surface area contributed by atoms with E-state index in [1.807, 2.05) is 12.1 Å². The largest absolute Gasteiger partial charge is 0.370 e. The van der Waals surface area contributed by atoms with Gasteiger partial charge in [-0.2, -0.15) is 0 Å². The van der Waals surface area contributed by atoms with Gasteiger partial charge in [-0.25, -0.2) is 4.98 Å². The van der Waals surface area contributed by atoms with Crippen LogP contribution in [0.3, 0.4) is 0 Å². The van der Waals surface area contributed by atoms with Crippen molar-refractivity contribution in [2.24, 2.45) is 5.92 Å². The van der Waals surface area contributed by atoms with E-state index in [-0.39, 0.29) is 0 Å². The quantitative estimate of drug-likeness (QED) is 0.823. The molecular formula is C11H14Cl2N2. The van der Waals surface area contributed by atoms with Gasteiger partial charge < -0.3 is 5.32 Å². The first-order chi connectivity index (χ1) is 7.25. The van der Waals surface area contributed by atoms with Crippen molar-refractivity contribution in [1.82, 2.24) is 4.98 Å². The molecule has 1 aromatic rings. The van der Waals surface area contributed by atoms with E-state index in [1.54, 1.807) is 6.20 Å². The molecule has 2 rings (SSSR count). The Morgan fingerprint density at radius 3 is 2.87 bits per heavy atom. The van der Waals surface area contributed by atoms with Crippen molar-refractivity contribution in [1.29, 1.82) is 0 Å². The van der Waals surface area contributed by atoms with Gasteiger partial charge in [0.05, 0.1) is 5.02 Å². The fourth-order valence-electron chi connectivity index (χ4n) is 1.94. The highest BCUT2D eigenvalue weighted by atomic mass is 35.5. The van der Waals surface area contributed by atoms with Gasteiger partial charge in [-0.05, 0) is 30.9 Å². The average molecular weight is 245 g/mol. The van der Waals surface area contributed by atoms with Crippen molar-refractivity contribution in [3.8, 4) is 0 Å². The number of halogens is 2. The van der Waals surface area contributed by atoms with Crippen LogP contribution in [0.1, 0.15) is 19.3 Å². The fraction of sp³-hybridized carbons (Fsp3) is 0.545. The lowest BCUT2D eigenvalue weighted by molar-refractivity contribution is 0.585. The van der Waals surface area contributed by atoms with Crippen LogP contribution in [0.25, 0.3) is 0 Å². The minimum absolute atomic E-state index is 0.324. The highest BCUT2D eigenvalue weighted by Gasteiger charge is 2.24. The van der Waals surface area contributed by atoms with Gasteiger partial charge in [0, 0.05) is 18.1 Å². The number of rotatable bonds is 3. The van der Waals surface area contributed by atoms with Crippen molar-refractivity contribution >= 4 is 29.0 Å². The van der Waals surface area contributed by atoms with Crippen LogP contribution in [-0.4, -0.2) is 16.9 Å². The second-order valence-electron chi connectivity index (χ2n) is 3.95. The molecule has 4 heteroatoms. The molecule has 0 amide bonds. The Balaban J connectivity index is 1.85. The SMILES string of the molecule is Clc1ccc(NCC2CCCC2Cl)nc1. The molecule has 1 heterocycles. The number of nitrogens with one attached hydrogen (secondary N) is 1. The maximum atomic E-state index is 6.19. The molecule has 82 valence electrons. The van der Waals surface area contributed by atoms with Crippen LogP contribution < -0.4 is 5.32 Å². The molecule has 1 aliphatic rings.